The Labute approximate surface area is 141 Å². The first-order valence-electron chi connectivity index (χ1n) is 8.49. The van der Waals surface area contributed by atoms with Gasteiger partial charge < -0.3 is 10.0 Å². The van der Waals surface area contributed by atoms with E-state index in [1.165, 1.54) is 15.3 Å². The molecule has 2 atom stereocenters. The average molecular weight is 335 g/mol. The molecule has 23 heavy (non-hydrogen) atoms. The van der Waals surface area contributed by atoms with Gasteiger partial charge in [0.15, 0.2) is 0 Å². The highest BCUT2D eigenvalue weighted by molar-refractivity contribution is 7.12. The molecule has 0 aromatic carbocycles. The fourth-order valence-corrected chi connectivity index (χ4v) is 5.32. The first-order chi connectivity index (χ1) is 10.9. The lowest BCUT2D eigenvalue weighted by Crippen LogP contribution is -2.37. The maximum Gasteiger partial charge on any atom is 0.311 e. The molecular formula is C18H25NO3S. The Balaban J connectivity index is 1.54. The van der Waals surface area contributed by atoms with Gasteiger partial charge in [0.25, 0.3) is 0 Å². The number of rotatable bonds is 5. The van der Waals surface area contributed by atoms with Crippen molar-refractivity contribution in [3.05, 3.63) is 21.4 Å². The third-order valence-corrected chi connectivity index (χ3v) is 6.64. The molecule has 5 heteroatoms. The molecule has 1 saturated carbocycles. The lowest BCUT2D eigenvalue weighted by atomic mass is 9.81. The number of aryl methyl sites for hydroxylation is 3. The molecule has 126 valence electrons. The molecule has 1 aromatic rings. The number of nitrogens with zero attached hydrogens (tertiary/aromatic N) is 1. The van der Waals surface area contributed by atoms with E-state index in [-0.39, 0.29) is 11.8 Å². The van der Waals surface area contributed by atoms with Crippen LogP contribution in [-0.2, 0) is 16.0 Å². The number of likely N-dealkylation sites (tertiary alicyclic amines) is 1. The lowest BCUT2D eigenvalue weighted by Gasteiger charge is -2.23. The Morgan fingerprint density at radius 2 is 2.22 bits per heavy atom. The van der Waals surface area contributed by atoms with Gasteiger partial charge in [0, 0.05) is 29.3 Å². The van der Waals surface area contributed by atoms with E-state index in [4.69, 9.17) is 0 Å². The summed E-state index contributed by atoms with van der Waals surface area (Å²) < 4.78 is 0. The average Bonchev–Trinajstić information content (AvgIpc) is 3.11. The summed E-state index contributed by atoms with van der Waals surface area (Å²) in [5.41, 5.74) is 0.692. The third-order valence-electron chi connectivity index (χ3n) is 5.63. The largest absolute Gasteiger partial charge is 0.481 e. The summed E-state index contributed by atoms with van der Waals surface area (Å²) in [5.74, 6) is -0.421. The number of thiophene rings is 1. The lowest BCUT2D eigenvalue weighted by molar-refractivity contribution is -0.149. The first-order valence-corrected chi connectivity index (χ1v) is 9.31. The zero-order valence-electron chi connectivity index (χ0n) is 13.9. The highest BCUT2D eigenvalue weighted by atomic mass is 32.1. The molecule has 1 N–H and O–H groups in total. The van der Waals surface area contributed by atoms with Crippen LogP contribution in [0.4, 0.5) is 0 Å². The van der Waals surface area contributed by atoms with Gasteiger partial charge in [0.05, 0.1) is 5.41 Å². The molecule has 2 fully saturated rings. The molecule has 3 rings (SSSR count). The van der Waals surface area contributed by atoms with Crippen LogP contribution in [0.5, 0.6) is 0 Å². The molecule has 1 aliphatic carbocycles. The van der Waals surface area contributed by atoms with E-state index in [1.54, 1.807) is 11.3 Å². The second kappa shape index (κ2) is 6.27. The molecule has 4 nitrogen and oxygen atoms in total. The molecule has 1 aromatic heterocycles. The number of hydrogen-bond acceptors (Lipinski definition) is 3. The van der Waals surface area contributed by atoms with Gasteiger partial charge in [-0.3, -0.25) is 9.59 Å². The van der Waals surface area contributed by atoms with Crippen LogP contribution in [0.2, 0.25) is 0 Å². The maximum absolute atomic E-state index is 12.5. The van der Waals surface area contributed by atoms with Gasteiger partial charge in [-0.2, -0.15) is 0 Å². The van der Waals surface area contributed by atoms with Gasteiger partial charge >= 0.3 is 5.97 Å². The quantitative estimate of drug-likeness (QED) is 0.897. The van der Waals surface area contributed by atoms with Crippen molar-refractivity contribution < 1.29 is 14.7 Å². The number of aliphatic carboxylic acids is 1. The fourth-order valence-electron chi connectivity index (χ4n) is 4.35. The van der Waals surface area contributed by atoms with Crippen molar-refractivity contribution in [2.75, 3.05) is 13.1 Å². The summed E-state index contributed by atoms with van der Waals surface area (Å²) in [4.78, 5) is 28.6. The summed E-state index contributed by atoms with van der Waals surface area (Å²) in [6, 6.07) is 2.21. The summed E-state index contributed by atoms with van der Waals surface area (Å²) in [6.45, 7) is 5.30. The summed E-state index contributed by atoms with van der Waals surface area (Å²) in [6.07, 6.45) is 4.96. The van der Waals surface area contributed by atoms with E-state index in [0.717, 1.165) is 32.1 Å². The van der Waals surface area contributed by atoms with Crippen LogP contribution in [0.3, 0.4) is 0 Å². The molecular weight excluding hydrogens is 310 g/mol. The van der Waals surface area contributed by atoms with Crippen molar-refractivity contribution in [1.82, 2.24) is 4.90 Å². The molecule has 1 amide bonds. The van der Waals surface area contributed by atoms with Crippen molar-refractivity contribution in [2.45, 2.75) is 52.4 Å². The van der Waals surface area contributed by atoms with Gasteiger partial charge in [0.1, 0.15) is 0 Å². The highest BCUT2D eigenvalue weighted by Crippen LogP contribution is 2.49. The predicted molar refractivity (Wildman–Crippen MR) is 90.7 cm³/mol. The molecule has 1 saturated heterocycles. The van der Waals surface area contributed by atoms with E-state index in [2.05, 4.69) is 19.9 Å². The molecule has 2 heterocycles. The second-order valence-corrected chi connectivity index (χ2v) is 8.58. The monoisotopic (exact) mass is 335 g/mol. The van der Waals surface area contributed by atoms with Crippen LogP contribution in [0, 0.1) is 25.2 Å². The second-order valence-electron chi connectivity index (χ2n) is 7.12. The minimum Gasteiger partial charge on any atom is -0.481 e. The molecule has 0 unspecified atom stereocenters. The smallest absolute Gasteiger partial charge is 0.311 e. The summed E-state index contributed by atoms with van der Waals surface area (Å²) in [5, 5.41) is 9.59. The van der Waals surface area contributed by atoms with Crippen LogP contribution >= 0.6 is 11.3 Å². The molecule has 0 bridgehead atoms. The van der Waals surface area contributed by atoms with E-state index in [9.17, 15) is 14.7 Å². The zero-order valence-corrected chi connectivity index (χ0v) is 14.7. The van der Waals surface area contributed by atoms with E-state index in [1.807, 2.05) is 4.90 Å². The van der Waals surface area contributed by atoms with Crippen LogP contribution in [-0.4, -0.2) is 35.0 Å². The van der Waals surface area contributed by atoms with E-state index < -0.39 is 11.4 Å². The van der Waals surface area contributed by atoms with Crippen molar-refractivity contribution in [3.8, 4) is 0 Å². The number of carboxylic acids is 1. The van der Waals surface area contributed by atoms with Crippen molar-refractivity contribution in [3.63, 3.8) is 0 Å². The van der Waals surface area contributed by atoms with Crippen LogP contribution < -0.4 is 0 Å². The number of amides is 1. The normalized spacial score (nSPS) is 26.5. The Morgan fingerprint density at radius 3 is 2.83 bits per heavy atom. The summed E-state index contributed by atoms with van der Waals surface area (Å²) in [7, 11) is 0. The predicted octanol–water partition coefficient (Wildman–Crippen LogP) is 3.40. The molecule has 1 aliphatic heterocycles. The van der Waals surface area contributed by atoms with Gasteiger partial charge in [-0.25, -0.2) is 0 Å². The van der Waals surface area contributed by atoms with Gasteiger partial charge in [0.2, 0.25) is 5.91 Å². The van der Waals surface area contributed by atoms with Crippen LogP contribution in [0.1, 0.15) is 47.4 Å². The zero-order chi connectivity index (χ0) is 16.6. The van der Waals surface area contributed by atoms with Crippen LogP contribution in [0.15, 0.2) is 6.07 Å². The topological polar surface area (TPSA) is 57.6 Å². The number of carbonyl (C=O) groups is 2. The van der Waals surface area contributed by atoms with Gasteiger partial charge in [-0.1, -0.05) is 6.42 Å². The van der Waals surface area contributed by atoms with E-state index in [0.29, 0.717) is 19.5 Å². The van der Waals surface area contributed by atoms with E-state index >= 15 is 0 Å². The van der Waals surface area contributed by atoms with Gasteiger partial charge in [-0.15, -0.1) is 11.3 Å². The number of hydrogen-bond donors (Lipinski definition) is 1. The van der Waals surface area contributed by atoms with Gasteiger partial charge in [-0.05, 0) is 57.1 Å². The maximum atomic E-state index is 12.5. The Morgan fingerprint density at radius 1 is 1.43 bits per heavy atom. The van der Waals surface area contributed by atoms with Crippen molar-refractivity contribution in [2.24, 2.45) is 11.3 Å². The molecule has 2 aliphatic rings. The Bertz CT molecular complexity index is 624. The molecule has 0 spiro atoms. The number of fused-ring (bicyclic) bond motifs is 1. The van der Waals surface area contributed by atoms with Crippen molar-refractivity contribution >= 4 is 23.2 Å². The Kier molecular flexibility index (Phi) is 4.50. The fraction of sp³-hybridized carbons (Fsp3) is 0.667. The number of carbonyl (C=O) groups excluding carboxylic acids is 1. The SMILES string of the molecule is Cc1cc(CCCC(=O)N2C[C@@H]3CCC[C@@]3(C(=O)O)C2)c(C)s1. The third kappa shape index (κ3) is 3.03. The first kappa shape index (κ1) is 16.5. The minimum atomic E-state index is -0.709. The Hall–Kier alpha value is -1.36. The van der Waals surface area contributed by atoms with Crippen molar-refractivity contribution in [1.29, 1.82) is 0 Å². The number of carboxylic acid groups (broad SMARTS) is 1. The minimum absolute atomic E-state index is 0.129. The van der Waals surface area contributed by atoms with Crippen LogP contribution in [0.25, 0.3) is 0 Å². The molecule has 0 radical (unpaired) electrons. The summed E-state index contributed by atoms with van der Waals surface area (Å²) >= 11 is 1.81. The standard InChI is InChI=1S/C18H25NO3S/c1-12-9-14(13(2)23-12)5-3-7-16(20)19-10-15-6-4-8-18(15,11-19)17(21)22/h9,15H,3-8,10-11H2,1-2H3,(H,21,22)/t15-,18+/m0/s1. The highest BCUT2D eigenvalue weighted by Gasteiger charge is 2.55.